The van der Waals surface area contributed by atoms with Gasteiger partial charge in [0.15, 0.2) is 0 Å². The van der Waals surface area contributed by atoms with E-state index in [1.165, 1.54) is 17.9 Å². The molecule has 1 aromatic rings. The molecule has 1 atom stereocenters. The van der Waals surface area contributed by atoms with Gasteiger partial charge in [-0.25, -0.2) is 4.39 Å². The first kappa shape index (κ1) is 14.7. The van der Waals surface area contributed by atoms with E-state index >= 15 is 0 Å². The van der Waals surface area contributed by atoms with Gasteiger partial charge in [0.05, 0.1) is 5.54 Å². The lowest BCUT2D eigenvalue weighted by molar-refractivity contribution is 0.265. The molecule has 0 spiro atoms. The predicted molar refractivity (Wildman–Crippen MR) is 82.3 cm³/mol. The van der Waals surface area contributed by atoms with Crippen LogP contribution in [-0.4, -0.2) is 30.6 Å². The van der Waals surface area contributed by atoms with Crippen molar-refractivity contribution in [2.75, 3.05) is 30.0 Å². The summed E-state index contributed by atoms with van der Waals surface area (Å²) in [4.78, 5) is 2.24. The van der Waals surface area contributed by atoms with Crippen LogP contribution in [0, 0.1) is 11.2 Å². The minimum Gasteiger partial charge on any atom is -0.367 e. The summed E-state index contributed by atoms with van der Waals surface area (Å²) >= 11 is 1.96. The molecule has 4 heteroatoms. The van der Waals surface area contributed by atoms with Crippen molar-refractivity contribution >= 4 is 17.4 Å². The van der Waals surface area contributed by atoms with Crippen LogP contribution in [0.2, 0.25) is 0 Å². The smallest absolute Gasteiger partial charge is 0.123 e. The Morgan fingerprint density at radius 1 is 1.26 bits per heavy atom. The van der Waals surface area contributed by atoms with Crippen molar-refractivity contribution < 1.29 is 4.39 Å². The molecule has 2 rings (SSSR count). The fourth-order valence-corrected chi connectivity index (χ4v) is 4.48. The molecule has 1 heterocycles. The van der Waals surface area contributed by atoms with Gasteiger partial charge in [-0.15, -0.1) is 0 Å². The number of rotatable bonds is 3. The molecule has 0 radical (unpaired) electrons. The summed E-state index contributed by atoms with van der Waals surface area (Å²) in [5.74, 6) is 2.00. The molecule has 106 valence electrons. The Labute approximate surface area is 119 Å². The largest absolute Gasteiger partial charge is 0.367 e. The number of halogens is 1. The SMILES string of the molecule is CN(c1ccc(F)cc1)C1(CN)CSCC(C)(C)C1. The Balaban J connectivity index is 2.27. The van der Waals surface area contributed by atoms with Crippen LogP contribution in [0.15, 0.2) is 24.3 Å². The molecule has 1 aliphatic rings. The molecule has 1 fully saturated rings. The third kappa shape index (κ3) is 3.06. The molecule has 1 saturated heterocycles. The fourth-order valence-electron chi connectivity index (χ4n) is 2.93. The Bertz CT molecular complexity index is 432. The van der Waals surface area contributed by atoms with Gasteiger partial charge in [-0.05, 0) is 41.9 Å². The van der Waals surface area contributed by atoms with Crippen molar-refractivity contribution in [2.45, 2.75) is 25.8 Å². The van der Waals surface area contributed by atoms with Gasteiger partial charge in [0.2, 0.25) is 0 Å². The highest BCUT2D eigenvalue weighted by Crippen LogP contribution is 2.42. The zero-order chi connectivity index (χ0) is 14.1. The van der Waals surface area contributed by atoms with E-state index in [0.717, 1.165) is 17.9 Å². The third-order valence-corrected chi connectivity index (χ3v) is 5.70. The van der Waals surface area contributed by atoms with Gasteiger partial charge in [0.25, 0.3) is 0 Å². The number of thioether (sulfide) groups is 1. The first-order chi connectivity index (χ1) is 8.88. The average Bonchev–Trinajstić information content (AvgIpc) is 2.37. The van der Waals surface area contributed by atoms with Crippen molar-refractivity contribution in [1.82, 2.24) is 0 Å². The molecular weight excluding hydrogens is 259 g/mol. The number of benzene rings is 1. The highest BCUT2D eigenvalue weighted by Gasteiger charge is 2.42. The predicted octanol–water partition coefficient (Wildman–Crippen LogP) is 3.12. The van der Waals surface area contributed by atoms with E-state index in [1.54, 1.807) is 0 Å². The van der Waals surface area contributed by atoms with Crippen LogP contribution in [-0.2, 0) is 0 Å². The van der Waals surface area contributed by atoms with Gasteiger partial charge in [-0.2, -0.15) is 11.8 Å². The molecule has 0 saturated carbocycles. The summed E-state index contributed by atoms with van der Waals surface area (Å²) in [6.07, 6.45) is 1.07. The number of nitrogens with zero attached hydrogens (tertiary/aromatic N) is 1. The van der Waals surface area contributed by atoms with Crippen LogP contribution >= 0.6 is 11.8 Å². The second kappa shape index (κ2) is 5.33. The summed E-state index contributed by atoms with van der Waals surface area (Å²) in [5.41, 5.74) is 7.38. The van der Waals surface area contributed by atoms with Crippen molar-refractivity contribution in [3.05, 3.63) is 30.1 Å². The zero-order valence-corrected chi connectivity index (χ0v) is 12.8. The maximum atomic E-state index is 13.0. The average molecular weight is 282 g/mol. The standard InChI is InChI=1S/C15H23FN2S/c1-14(2)8-15(9-17,11-19-10-14)18(3)13-6-4-12(16)5-7-13/h4-7H,8-11,17H2,1-3H3. The number of nitrogens with two attached hydrogens (primary N) is 1. The summed E-state index contributed by atoms with van der Waals surface area (Å²) < 4.78 is 13.0. The molecule has 19 heavy (non-hydrogen) atoms. The zero-order valence-electron chi connectivity index (χ0n) is 11.9. The Hall–Kier alpha value is -0.740. The second-order valence-corrected chi connectivity index (χ2v) is 7.28. The second-order valence-electron chi connectivity index (χ2n) is 6.30. The van der Waals surface area contributed by atoms with Gasteiger partial charge in [0.1, 0.15) is 5.82 Å². The normalized spacial score (nSPS) is 26.2. The minimum absolute atomic E-state index is 0.0375. The lowest BCUT2D eigenvalue weighted by Gasteiger charge is -2.50. The minimum atomic E-state index is -0.197. The van der Waals surface area contributed by atoms with Crippen LogP contribution in [0.3, 0.4) is 0 Å². The molecule has 2 nitrogen and oxygen atoms in total. The number of hydrogen-bond donors (Lipinski definition) is 1. The van der Waals surface area contributed by atoms with Gasteiger partial charge in [-0.1, -0.05) is 13.8 Å². The molecule has 0 aromatic heterocycles. The van der Waals surface area contributed by atoms with Gasteiger partial charge in [0, 0.05) is 25.0 Å². The lowest BCUT2D eigenvalue weighted by atomic mass is 9.78. The molecule has 1 aromatic carbocycles. The van der Waals surface area contributed by atoms with E-state index in [0.29, 0.717) is 6.54 Å². The number of likely N-dealkylation sites (N-methyl/N-ethyl adjacent to an activating group) is 1. The fraction of sp³-hybridized carbons (Fsp3) is 0.600. The number of anilines is 1. The maximum Gasteiger partial charge on any atom is 0.123 e. The molecule has 0 aliphatic carbocycles. The lowest BCUT2D eigenvalue weighted by Crippen LogP contribution is -2.59. The summed E-state index contributed by atoms with van der Waals surface area (Å²) in [5, 5.41) is 0. The van der Waals surface area contributed by atoms with E-state index in [2.05, 4.69) is 25.8 Å². The third-order valence-electron chi connectivity index (χ3n) is 3.98. The van der Waals surface area contributed by atoms with E-state index in [1.807, 2.05) is 23.9 Å². The molecule has 2 N–H and O–H groups in total. The molecule has 1 aliphatic heterocycles. The first-order valence-corrected chi connectivity index (χ1v) is 7.81. The molecular formula is C15H23FN2S. The van der Waals surface area contributed by atoms with Crippen molar-refractivity contribution in [3.63, 3.8) is 0 Å². The van der Waals surface area contributed by atoms with Gasteiger partial charge in [-0.3, -0.25) is 0 Å². The number of hydrogen-bond acceptors (Lipinski definition) is 3. The van der Waals surface area contributed by atoms with Crippen LogP contribution in [0.4, 0.5) is 10.1 Å². The summed E-state index contributed by atoms with van der Waals surface area (Å²) in [6, 6.07) is 6.69. The van der Waals surface area contributed by atoms with Crippen LogP contribution in [0.5, 0.6) is 0 Å². The maximum absolute atomic E-state index is 13.0. The van der Waals surface area contributed by atoms with Crippen molar-refractivity contribution in [3.8, 4) is 0 Å². The van der Waals surface area contributed by atoms with E-state index in [-0.39, 0.29) is 16.8 Å². The van der Waals surface area contributed by atoms with Crippen molar-refractivity contribution in [2.24, 2.45) is 11.1 Å². The highest BCUT2D eigenvalue weighted by atomic mass is 32.2. The van der Waals surface area contributed by atoms with Crippen molar-refractivity contribution in [1.29, 1.82) is 0 Å². The monoisotopic (exact) mass is 282 g/mol. The van der Waals surface area contributed by atoms with Crippen LogP contribution in [0.1, 0.15) is 20.3 Å². The Morgan fingerprint density at radius 2 is 1.89 bits per heavy atom. The summed E-state index contributed by atoms with van der Waals surface area (Å²) in [6.45, 7) is 5.21. The van der Waals surface area contributed by atoms with Gasteiger partial charge < -0.3 is 10.6 Å². The highest BCUT2D eigenvalue weighted by molar-refractivity contribution is 7.99. The Morgan fingerprint density at radius 3 is 2.42 bits per heavy atom. The van der Waals surface area contributed by atoms with Crippen LogP contribution in [0.25, 0.3) is 0 Å². The van der Waals surface area contributed by atoms with Crippen LogP contribution < -0.4 is 10.6 Å². The Kier molecular flexibility index (Phi) is 4.11. The van der Waals surface area contributed by atoms with E-state index in [9.17, 15) is 4.39 Å². The van der Waals surface area contributed by atoms with E-state index in [4.69, 9.17) is 5.73 Å². The molecule has 1 unspecified atom stereocenters. The first-order valence-electron chi connectivity index (χ1n) is 6.66. The van der Waals surface area contributed by atoms with E-state index < -0.39 is 0 Å². The summed E-state index contributed by atoms with van der Waals surface area (Å²) in [7, 11) is 2.07. The molecule has 0 bridgehead atoms. The quantitative estimate of drug-likeness (QED) is 0.923. The topological polar surface area (TPSA) is 29.3 Å². The van der Waals surface area contributed by atoms with Gasteiger partial charge >= 0.3 is 0 Å². The molecule has 0 amide bonds.